The summed E-state index contributed by atoms with van der Waals surface area (Å²) in [6.07, 6.45) is 1.16. The summed E-state index contributed by atoms with van der Waals surface area (Å²) in [5.74, 6) is 2.24. The minimum Gasteiger partial charge on any atom is -0.338 e. The van der Waals surface area contributed by atoms with Crippen LogP contribution in [0, 0.1) is 0 Å². The quantitative estimate of drug-likeness (QED) is 0.754. The normalized spacial score (nSPS) is 18.2. The molecular weight excluding hydrogens is 190 g/mol. The molecule has 1 aromatic heterocycles. The van der Waals surface area contributed by atoms with Crippen molar-refractivity contribution in [3.63, 3.8) is 0 Å². The zero-order valence-electron chi connectivity index (χ0n) is 9.45. The molecule has 15 heavy (non-hydrogen) atoms. The van der Waals surface area contributed by atoms with Crippen LogP contribution in [0.2, 0.25) is 0 Å². The van der Waals surface area contributed by atoms with Gasteiger partial charge in [-0.25, -0.2) is 0 Å². The van der Waals surface area contributed by atoms with Gasteiger partial charge in [0.1, 0.15) is 5.82 Å². The lowest BCUT2D eigenvalue weighted by Gasteiger charge is -2.16. The molecule has 5 nitrogen and oxygen atoms in total. The van der Waals surface area contributed by atoms with E-state index < -0.39 is 0 Å². The predicted molar refractivity (Wildman–Crippen MR) is 60.2 cm³/mol. The molecule has 0 spiro atoms. The van der Waals surface area contributed by atoms with Crippen molar-refractivity contribution in [2.75, 3.05) is 31.1 Å². The van der Waals surface area contributed by atoms with Gasteiger partial charge in [0.25, 0.3) is 0 Å². The van der Waals surface area contributed by atoms with Gasteiger partial charge >= 0.3 is 0 Å². The van der Waals surface area contributed by atoms with Crippen LogP contribution in [0.5, 0.6) is 0 Å². The first-order valence-corrected chi connectivity index (χ1v) is 5.65. The Hall–Kier alpha value is -1.10. The molecule has 0 aliphatic carbocycles. The second-order valence-electron chi connectivity index (χ2n) is 4.27. The predicted octanol–water partition coefficient (Wildman–Crippen LogP) is 0.728. The molecule has 0 amide bonds. The van der Waals surface area contributed by atoms with Gasteiger partial charge in [-0.3, -0.25) is 5.10 Å². The topological polar surface area (TPSA) is 56.8 Å². The zero-order chi connectivity index (χ0) is 10.7. The summed E-state index contributed by atoms with van der Waals surface area (Å²) in [4.78, 5) is 6.75. The Balaban J connectivity index is 2.06. The van der Waals surface area contributed by atoms with Gasteiger partial charge in [-0.2, -0.15) is 4.98 Å². The third kappa shape index (κ3) is 2.47. The first kappa shape index (κ1) is 10.4. The van der Waals surface area contributed by atoms with Crippen molar-refractivity contribution in [3.05, 3.63) is 5.82 Å². The van der Waals surface area contributed by atoms with Gasteiger partial charge in [-0.1, -0.05) is 13.8 Å². The first-order valence-electron chi connectivity index (χ1n) is 5.65. The fraction of sp³-hybridized carbons (Fsp3) is 0.800. The molecule has 1 fully saturated rings. The van der Waals surface area contributed by atoms with Gasteiger partial charge in [0.15, 0.2) is 0 Å². The summed E-state index contributed by atoms with van der Waals surface area (Å²) in [5.41, 5.74) is 0. The second-order valence-corrected chi connectivity index (χ2v) is 4.27. The highest BCUT2D eigenvalue weighted by molar-refractivity contribution is 5.29. The molecule has 2 rings (SSSR count). The molecule has 0 radical (unpaired) electrons. The van der Waals surface area contributed by atoms with Crippen LogP contribution in [0.4, 0.5) is 5.95 Å². The maximum absolute atomic E-state index is 4.51. The number of hydrogen-bond donors (Lipinski definition) is 2. The number of rotatable bonds is 2. The van der Waals surface area contributed by atoms with Crippen LogP contribution in [0.25, 0.3) is 0 Å². The van der Waals surface area contributed by atoms with Crippen LogP contribution in [-0.4, -0.2) is 41.4 Å². The summed E-state index contributed by atoms with van der Waals surface area (Å²) < 4.78 is 0. The number of aromatic nitrogens is 3. The Kier molecular flexibility index (Phi) is 3.20. The molecule has 1 aromatic rings. The van der Waals surface area contributed by atoms with Gasteiger partial charge in [0.2, 0.25) is 5.95 Å². The average Bonchev–Trinajstić information content (AvgIpc) is 2.55. The highest BCUT2D eigenvalue weighted by atomic mass is 15.4. The van der Waals surface area contributed by atoms with Gasteiger partial charge < -0.3 is 10.2 Å². The van der Waals surface area contributed by atoms with Gasteiger partial charge in [-0.15, -0.1) is 5.10 Å². The highest BCUT2D eigenvalue weighted by Crippen LogP contribution is 2.13. The molecule has 0 aromatic carbocycles. The van der Waals surface area contributed by atoms with Crippen molar-refractivity contribution in [3.8, 4) is 0 Å². The molecular formula is C10H19N5. The summed E-state index contributed by atoms with van der Waals surface area (Å²) in [6, 6.07) is 0. The number of nitrogens with zero attached hydrogens (tertiary/aromatic N) is 3. The van der Waals surface area contributed by atoms with Crippen molar-refractivity contribution in [2.24, 2.45) is 0 Å². The minimum absolute atomic E-state index is 0.413. The summed E-state index contributed by atoms with van der Waals surface area (Å²) in [6.45, 7) is 8.39. The van der Waals surface area contributed by atoms with E-state index in [0.717, 1.165) is 44.4 Å². The average molecular weight is 209 g/mol. The molecule has 5 heteroatoms. The van der Waals surface area contributed by atoms with Crippen molar-refractivity contribution in [1.82, 2.24) is 20.5 Å². The fourth-order valence-corrected chi connectivity index (χ4v) is 1.71. The standard InChI is InChI=1S/C10H19N5/c1-8(2)9-12-10(14-13-9)15-6-3-4-11-5-7-15/h8,11H,3-7H2,1-2H3,(H,12,13,14). The Morgan fingerprint density at radius 3 is 2.87 bits per heavy atom. The van der Waals surface area contributed by atoms with Crippen LogP contribution in [-0.2, 0) is 0 Å². The van der Waals surface area contributed by atoms with Crippen LogP contribution in [0.1, 0.15) is 32.0 Å². The van der Waals surface area contributed by atoms with Crippen LogP contribution in [0.15, 0.2) is 0 Å². The van der Waals surface area contributed by atoms with E-state index in [2.05, 4.69) is 39.2 Å². The Labute approximate surface area is 90.3 Å². The first-order chi connectivity index (χ1) is 7.27. The summed E-state index contributed by atoms with van der Waals surface area (Å²) >= 11 is 0. The third-order valence-electron chi connectivity index (χ3n) is 2.66. The van der Waals surface area contributed by atoms with Gasteiger partial charge in [0, 0.05) is 25.6 Å². The van der Waals surface area contributed by atoms with Crippen LogP contribution >= 0.6 is 0 Å². The zero-order valence-corrected chi connectivity index (χ0v) is 9.45. The number of aromatic amines is 1. The smallest absolute Gasteiger partial charge is 0.244 e. The number of hydrogen-bond acceptors (Lipinski definition) is 4. The van der Waals surface area contributed by atoms with Crippen molar-refractivity contribution in [2.45, 2.75) is 26.2 Å². The van der Waals surface area contributed by atoms with Crippen molar-refractivity contribution in [1.29, 1.82) is 0 Å². The SMILES string of the molecule is CC(C)c1nc(N2CCCNCC2)n[nH]1. The van der Waals surface area contributed by atoms with E-state index >= 15 is 0 Å². The van der Waals surface area contributed by atoms with E-state index in [1.807, 2.05) is 0 Å². The molecule has 0 unspecified atom stereocenters. The summed E-state index contributed by atoms with van der Waals surface area (Å²) in [7, 11) is 0. The van der Waals surface area contributed by atoms with E-state index in [1.54, 1.807) is 0 Å². The molecule has 1 aliphatic heterocycles. The number of H-pyrrole nitrogens is 1. The molecule has 1 saturated heterocycles. The minimum atomic E-state index is 0.413. The second kappa shape index (κ2) is 4.61. The molecule has 0 atom stereocenters. The lowest BCUT2D eigenvalue weighted by atomic mass is 10.2. The van der Waals surface area contributed by atoms with Crippen molar-refractivity contribution < 1.29 is 0 Å². The Morgan fingerprint density at radius 1 is 1.27 bits per heavy atom. The van der Waals surface area contributed by atoms with Crippen LogP contribution < -0.4 is 10.2 Å². The lowest BCUT2D eigenvalue weighted by Crippen LogP contribution is -2.28. The maximum atomic E-state index is 4.51. The van der Waals surface area contributed by atoms with E-state index in [1.165, 1.54) is 0 Å². The number of anilines is 1. The van der Waals surface area contributed by atoms with Gasteiger partial charge in [-0.05, 0) is 13.0 Å². The van der Waals surface area contributed by atoms with Crippen molar-refractivity contribution >= 4 is 5.95 Å². The number of nitrogens with one attached hydrogen (secondary N) is 2. The molecule has 0 bridgehead atoms. The monoisotopic (exact) mass is 209 g/mol. The maximum Gasteiger partial charge on any atom is 0.244 e. The molecule has 0 saturated carbocycles. The molecule has 84 valence electrons. The molecule has 2 N–H and O–H groups in total. The van der Waals surface area contributed by atoms with Gasteiger partial charge in [0.05, 0.1) is 0 Å². The highest BCUT2D eigenvalue weighted by Gasteiger charge is 2.14. The Bertz CT molecular complexity index is 299. The van der Waals surface area contributed by atoms with E-state index in [9.17, 15) is 0 Å². The molecule has 1 aliphatic rings. The Morgan fingerprint density at radius 2 is 2.13 bits per heavy atom. The largest absolute Gasteiger partial charge is 0.338 e. The fourth-order valence-electron chi connectivity index (χ4n) is 1.71. The van der Waals surface area contributed by atoms with E-state index in [4.69, 9.17) is 0 Å². The lowest BCUT2D eigenvalue weighted by molar-refractivity contribution is 0.724. The van der Waals surface area contributed by atoms with E-state index in [0.29, 0.717) is 5.92 Å². The third-order valence-corrected chi connectivity index (χ3v) is 2.66. The molecule has 2 heterocycles. The van der Waals surface area contributed by atoms with E-state index in [-0.39, 0.29) is 0 Å². The summed E-state index contributed by atoms with van der Waals surface area (Å²) in [5, 5.41) is 10.6. The van der Waals surface area contributed by atoms with Crippen LogP contribution in [0.3, 0.4) is 0 Å².